The van der Waals surface area contributed by atoms with Crippen LogP contribution in [-0.4, -0.2) is 18.1 Å². The lowest BCUT2D eigenvalue weighted by Crippen LogP contribution is -2.06. The molecule has 1 heterocycles. The molecule has 0 saturated carbocycles. The van der Waals surface area contributed by atoms with E-state index in [1.807, 2.05) is 6.07 Å². The predicted molar refractivity (Wildman–Crippen MR) is 86.5 cm³/mol. The van der Waals surface area contributed by atoms with Gasteiger partial charge in [0, 0.05) is 16.4 Å². The Labute approximate surface area is 132 Å². The number of nitrogens with one attached hydrogen (secondary N) is 1. The molecule has 0 radical (unpaired) electrons. The summed E-state index contributed by atoms with van der Waals surface area (Å²) in [7, 11) is 1.36. The second kappa shape index (κ2) is 6.72. The Morgan fingerprint density at radius 1 is 1.29 bits per heavy atom. The van der Waals surface area contributed by atoms with Gasteiger partial charge < -0.3 is 10.1 Å². The number of rotatable bonds is 4. The molecule has 0 amide bonds. The molecule has 2 rings (SSSR count). The van der Waals surface area contributed by atoms with E-state index in [0.29, 0.717) is 12.1 Å². The SMILES string of the molecule is COC(=O)c1ccc(CNc2c(C)cc(Br)cc2C)nc1. The topological polar surface area (TPSA) is 51.2 Å². The molecule has 0 saturated heterocycles. The number of hydrogen-bond acceptors (Lipinski definition) is 4. The summed E-state index contributed by atoms with van der Waals surface area (Å²) in [6, 6.07) is 7.69. The summed E-state index contributed by atoms with van der Waals surface area (Å²) in [6.45, 7) is 4.73. The number of benzene rings is 1. The van der Waals surface area contributed by atoms with Crippen LogP contribution in [-0.2, 0) is 11.3 Å². The Kier molecular flexibility index (Phi) is 4.96. The van der Waals surface area contributed by atoms with E-state index >= 15 is 0 Å². The summed E-state index contributed by atoms with van der Waals surface area (Å²) in [5.41, 5.74) is 4.78. The molecule has 1 aromatic heterocycles. The molecular weight excluding hydrogens is 332 g/mol. The van der Waals surface area contributed by atoms with Crippen LogP contribution in [0.1, 0.15) is 27.2 Å². The van der Waals surface area contributed by atoms with Crippen molar-refractivity contribution in [3.8, 4) is 0 Å². The summed E-state index contributed by atoms with van der Waals surface area (Å²) in [5.74, 6) is -0.374. The van der Waals surface area contributed by atoms with E-state index in [0.717, 1.165) is 15.9 Å². The van der Waals surface area contributed by atoms with E-state index < -0.39 is 0 Å². The van der Waals surface area contributed by atoms with Gasteiger partial charge in [-0.2, -0.15) is 0 Å². The van der Waals surface area contributed by atoms with Crippen molar-refractivity contribution in [1.29, 1.82) is 0 Å². The molecule has 0 spiro atoms. The fraction of sp³-hybridized carbons (Fsp3) is 0.250. The van der Waals surface area contributed by atoms with Crippen LogP contribution in [0.3, 0.4) is 0 Å². The molecule has 0 unspecified atom stereocenters. The standard InChI is InChI=1S/C16H17BrN2O2/c1-10-6-13(17)7-11(2)15(10)19-9-14-5-4-12(8-18-14)16(20)21-3/h4-8,19H,9H2,1-3H3. The zero-order valence-electron chi connectivity index (χ0n) is 12.2. The summed E-state index contributed by atoms with van der Waals surface area (Å²) in [6.07, 6.45) is 1.53. The monoisotopic (exact) mass is 348 g/mol. The smallest absolute Gasteiger partial charge is 0.339 e. The van der Waals surface area contributed by atoms with E-state index in [4.69, 9.17) is 0 Å². The van der Waals surface area contributed by atoms with Gasteiger partial charge in [-0.25, -0.2) is 4.79 Å². The molecule has 4 nitrogen and oxygen atoms in total. The second-order valence-electron chi connectivity index (χ2n) is 4.80. The van der Waals surface area contributed by atoms with Crippen molar-refractivity contribution in [2.45, 2.75) is 20.4 Å². The number of carbonyl (C=O) groups excluding carboxylic acids is 1. The number of aryl methyl sites for hydroxylation is 2. The quantitative estimate of drug-likeness (QED) is 0.852. The summed E-state index contributed by atoms with van der Waals surface area (Å²) in [5, 5.41) is 3.39. The first kappa shape index (κ1) is 15.5. The van der Waals surface area contributed by atoms with Crippen molar-refractivity contribution < 1.29 is 9.53 Å². The van der Waals surface area contributed by atoms with Crippen LogP contribution in [0.2, 0.25) is 0 Å². The second-order valence-corrected chi connectivity index (χ2v) is 5.71. The third-order valence-electron chi connectivity index (χ3n) is 3.19. The molecular formula is C16H17BrN2O2. The van der Waals surface area contributed by atoms with Crippen LogP contribution in [0.5, 0.6) is 0 Å². The van der Waals surface area contributed by atoms with Gasteiger partial charge in [0.05, 0.1) is 24.9 Å². The summed E-state index contributed by atoms with van der Waals surface area (Å²) < 4.78 is 5.72. The van der Waals surface area contributed by atoms with E-state index in [-0.39, 0.29) is 5.97 Å². The third kappa shape index (κ3) is 3.82. The molecule has 0 bridgehead atoms. The third-order valence-corrected chi connectivity index (χ3v) is 3.65. The first-order valence-electron chi connectivity index (χ1n) is 6.55. The fourth-order valence-corrected chi connectivity index (χ4v) is 2.82. The molecule has 0 aliphatic rings. The number of pyridine rings is 1. The van der Waals surface area contributed by atoms with E-state index in [1.165, 1.54) is 24.4 Å². The molecule has 0 fully saturated rings. The number of anilines is 1. The highest BCUT2D eigenvalue weighted by atomic mass is 79.9. The lowest BCUT2D eigenvalue weighted by molar-refractivity contribution is 0.0600. The lowest BCUT2D eigenvalue weighted by atomic mass is 10.1. The van der Waals surface area contributed by atoms with Crippen molar-refractivity contribution in [3.05, 3.63) is 57.3 Å². The maximum absolute atomic E-state index is 11.3. The highest BCUT2D eigenvalue weighted by molar-refractivity contribution is 9.10. The molecule has 21 heavy (non-hydrogen) atoms. The minimum absolute atomic E-state index is 0.374. The van der Waals surface area contributed by atoms with Crippen LogP contribution in [0.4, 0.5) is 5.69 Å². The number of esters is 1. The molecule has 1 aromatic carbocycles. The highest BCUT2D eigenvalue weighted by Gasteiger charge is 2.07. The Hall–Kier alpha value is -1.88. The van der Waals surface area contributed by atoms with Gasteiger partial charge in [0.25, 0.3) is 0 Å². The number of nitrogens with zero attached hydrogens (tertiary/aromatic N) is 1. The van der Waals surface area contributed by atoms with Crippen molar-refractivity contribution in [1.82, 2.24) is 4.98 Å². The van der Waals surface area contributed by atoms with Crippen LogP contribution < -0.4 is 5.32 Å². The Morgan fingerprint density at radius 2 is 1.95 bits per heavy atom. The Balaban J connectivity index is 2.08. The molecule has 5 heteroatoms. The molecule has 0 aliphatic carbocycles. The number of halogens is 1. The zero-order chi connectivity index (χ0) is 15.4. The van der Waals surface area contributed by atoms with Crippen LogP contribution in [0.15, 0.2) is 34.9 Å². The number of methoxy groups -OCH3 is 1. The number of hydrogen-bond donors (Lipinski definition) is 1. The minimum atomic E-state index is -0.374. The van der Waals surface area contributed by atoms with E-state index in [9.17, 15) is 4.79 Å². The Bertz CT molecular complexity index is 631. The van der Waals surface area contributed by atoms with Gasteiger partial charge in [0.2, 0.25) is 0 Å². The fourth-order valence-electron chi connectivity index (χ4n) is 2.14. The first-order chi connectivity index (χ1) is 10.0. The zero-order valence-corrected chi connectivity index (χ0v) is 13.8. The van der Waals surface area contributed by atoms with Crippen molar-refractivity contribution in [3.63, 3.8) is 0 Å². The maximum atomic E-state index is 11.3. The van der Waals surface area contributed by atoms with E-state index in [2.05, 4.69) is 56.9 Å². The average Bonchev–Trinajstić information content (AvgIpc) is 2.46. The summed E-state index contributed by atoms with van der Waals surface area (Å²) >= 11 is 3.49. The van der Waals surface area contributed by atoms with Gasteiger partial charge in [-0.15, -0.1) is 0 Å². The molecule has 0 aliphatic heterocycles. The average molecular weight is 349 g/mol. The number of carbonyl (C=O) groups is 1. The van der Waals surface area contributed by atoms with Crippen molar-refractivity contribution in [2.24, 2.45) is 0 Å². The largest absolute Gasteiger partial charge is 0.465 e. The van der Waals surface area contributed by atoms with Crippen LogP contribution >= 0.6 is 15.9 Å². The first-order valence-corrected chi connectivity index (χ1v) is 7.34. The van der Waals surface area contributed by atoms with Gasteiger partial charge >= 0.3 is 5.97 Å². The van der Waals surface area contributed by atoms with Crippen molar-refractivity contribution >= 4 is 27.6 Å². The van der Waals surface area contributed by atoms with Crippen LogP contribution in [0.25, 0.3) is 0 Å². The van der Waals surface area contributed by atoms with Gasteiger partial charge in [-0.05, 0) is 49.2 Å². The number of ether oxygens (including phenoxy) is 1. The van der Waals surface area contributed by atoms with Crippen molar-refractivity contribution in [2.75, 3.05) is 12.4 Å². The number of aromatic nitrogens is 1. The van der Waals surface area contributed by atoms with Crippen LogP contribution in [0, 0.1) is 13.8 Å². The molecule has 1 N–H and O–H groups in total. The van der Waals surface area contributed by atoms with Gasteiger partial charge in [0.15, 0.2) is 0 Å². The lowest BCUT2D eigenvalue weighted by Gasteiger charge is -2.13. The predicted octanol–water partition coefficient (Wildman–Crippen LogP) is 3.86. The Morgan fingerprint density at radius 3 is 2.48 bits per heavy atom. The van der Waals surface area contributed by atoms with Gasteiger partial charge in [0.1, 0.15) is 0 Å². The van der Waals surface area contributed by atoms with E-state index in [1.54, 1.807) is 6.07 Å². The summed E-state index contributed by atoms with van der Waals surface area (Å²) in [4.78, 5) is 15.6. The highest BCUT2D eigenvalue weighted by Crippen LogP contribution is 2.25. The molecule has 110 valence electrons. The molecule has 0 atom stereocenters. The maximum Gasteiger partial charge on any atom is 0.339 e. The molecule has 2 aromatic rings. The van der Waals surface area contributed by atoms with Gasteiger partial charge in [-0.1, -0.05) is 15.9 Å². The van der Waals surface area contributed by atoms with Gasteiger partial charge in [-0.3, -0.25) is 4.98 Å². The normalized spacial score (nSPS) is 10.3. The minimum Gasteiger partial charge on any atom is -0.465 e.